The van der Waals surface area contributed by atoms with Gasteiger partial charge in [0.1, 0.15) is 5.82 Å². The Labute approximate surface area is 189 Å². The average Bonchev–Trinajstić information content (AvgIpc) is 3.20. The van der Waals surface area contributed by atoms with Crippen molar-refractivity contribution in [1.29, 1.82) is 0 Å². The standard InChI is InChI=1S/C26H30N4O2/c1-3-29-16-8-13-23(18-29)30-25(21-10-5-4-6-11-21)19(2)27-26(30)22-12-7-9-20(17-22)14-15-24(31)28-32/h4-7,9-12,14-15,17,23,32H,3,8,13,16,18H2,1-2H3,(H,28,31)/t23-/m1/s1. The maximum Gasteiger partial charge on any atom is 0.267 e. The van der Waals surface area contributed by atoms with E-state index in [4.69, 9.17) is 10.2 Å². The molecule has 1 fully saturated rings. The average molecular weight is 431 g/mol. The van der Waals surface area contributed by atoms with Crippen molar-refractivity contribution in [1.82, 2.24) is 19.9 Å². The second-order valence-electron chi connectivity index (χ2n) is 8.23. The molecule has 6 nitrogen and oxygen atoms in total. The van der Waals surface area contributed by atoms with Crippen molar-refractivity contribution in [2.45, 2.75) is 32.7 Å². The topological polar surface area (TPSA) is 70.4 Å². The maximum absolute atomic E-state index is 11.4. The van der Waals surface area contributed by atoms with Gasteiger partial charge in [0.15, 0.2) is 0 Å². The number of carbonyl (C=O) groups excluding carboxylic acids is 1. The highest BCUT2D eigenvalue weighted by Crippen LogP contribution is 2.36. The van der Waals surface area contributed by atoms with Crippen LogP contribution in [0.25, 0.3) is 28.7 Å². The van der Waals surface area contributed by atoms with E-state index in [-0.39, 0.29) is 0 Å². The molecule has 0 unspecified atom stereocenters. The van der Waals surface area contributed by atoms with Crippen molar-refractivity contribution in [2.75, 3.05) is 19.6 Å². The SMILES string of the molecule is CCN1CCC[C@@H](n2c(-c3cccc(C=CC(=O)NO)c3)nc(C)c2-c2ccccc2)C1. The van der Waals surface area contributed by atoms with E-state index in [2.05, 4.69) is 53.6 Å². The second kappa shape index (κ2) is 9.94. The smallest absolute Gasteiger partial charge is 0.267 e. The zero-order valence-electron chi connectivity index (χ0n) is 18.7. The van der Waals surface area contributed by atoms with E-state index in [0.29, 0.717) is 6.04 Å². The number of nitrogens with zero attached hydrogens (tertiary/aromatic N) is 3. The van der Waals surface area contributed by atoms with Crippen LogP contribution in [0.2, 0.25) is 0 Å². The lowest BCUT2D eigenvalue weighted by Crippen LogP contribution is -2.36. The summed E-state index contributed by atoms with van der Waals surface area (Å²) in [5, 5.41) is 8.74. The van der Waals surface area contributed by atoms with Crippen LogP contribution in [0.3, 0.4) is 0 Å². The lowest BCUT2D eigenvalue weighted by atomic mass is 10.0. The Morgan fingerprint density at radius 2 is 1.97 bits per heavy atom. The first-order valence-corrected chi connectivity index (χ1v) is 11.2. The normalized spacial score (nSPS) is 17.0. The van der Waals surface area contributed by atoms with Gasteiger partial charge in [0.05, 0.1) is 11.4 Å². The number of likely N-dealkylation sites (tertiary alicyclic amines) is 1. The lowest BCUT2D eigenvalue weighted by Gasteiger charge is -2.34. The third kappa shape index (κ3) is 4.66. The van der Waals surface area contributed by atoms with Crippen LogP contribution in [0, 0.1) is 6.92 Å². The number of carbonyl (C=O) groups is 1. The highest BCUT2D eigenvalue weighted by Gasteiger charge is 2.27. The number of rotatable bonds is 6. The molecule has 3 aromatic rings. The highest BCUT2D eigenvalue weighted by atomic mass is 16.5. The van der Waals surface area contributed by atoms with Crippen molar-refractivity contribution in [2.24, 2.45) is 0 Å². The van der Waals surface area contributed by atoms with E-state index in [1.807, 2.05) is 24.3 Å². The molecule has 4 rings (SSSR count). The Morgan fingerprint density at radius 3 is 2.72 bits per heavy atom. The van der Waals surface area contributed by atoms with Gasteiger partial charge in [-0.15, -0.1) is 0 Å². The predicted molar refractivity (Wildman–Crippen MR) is 127 cm³/mol. The van der Waals surface area contributed by atoms with Crippen molar-refractivity contribution in [3.05, 3.63) is 71.9 Å². The number of likely N-dealkylation sites (N-methyl/N-ethyl adjacent to an activating group) is 1. The van der Waals surface area contributed by atoms with E-state index >= 15 is 0 Å². The number of amides is 1. The fraction of sp³-hybridized carbons (Fsp3) is 0.308. The summed E-state index contributed by atoms with van der Waals surface area (Å²) >= 11 is 0. The third-order valence-corrected chi connectivity index (χ3v) is 6.11. The molecular weight excluding hydrogens is 400 g/mol. The van der Waals surface area contributed by atoms with Gasteiger partial charge in [-0.2, -0.15) is 0 Å². The van der Waals surface area contributed by atoms with Gasteiger partial charge in [-0.05, 0) is 50.6 Å². The van der Waals surface area contributed by atoms with Crippen LogP contribution in [-0.4, -0.2) is 45.2 Å². The number of aryl methyl sites for hydroxylation is 1. The van der Waals surface area contributed by atoms with Crippen molar-refractivity contribution >= 4 is 12.0 Å². The predicted octanol–water partition coefficient (Wildman–Crippen LogP) is 4.70. The van der Waals surface area contributed by atoms with Crippen molar-refractivity contribution in [3.8, 4) is 22.6 Å². The Morgan fingerprint density at radius 1 is 1.19 bits per heavy atom. The molecular formula is C26H30N4O2. The molecule has 0 spiro atoms. The number of aromatic nitrogens is 2. The summed E-state index contributed by atoms with van der Waals surface area (Å²) in [7, 11) is 0. The molecule has 166 valence electrons. The molecule has 1 aliphatic rings. The van der Waals surface area contributed by atoms with Gasteiger partial charge < -0.3 is 9.47 Å². The lowest BCUT2D eigenvalue weighted by molar-refractivity contribution is -0.124. The van der Waals surface area contributed by atoms with Crippen LogP contribution in [-0.2, 0) is 4.79 Å². The Kier molecular flexibility index (Phi) is 6.83. The Hall–Kier alpha value is -3.22. The first-order chi connectivity index (χ1) is 15.6. The summed E-state index contributed by atoms with van der Waals surface area (Å²) in [6.45, 7) is 7.50. The minimum atomic E-state index is -0.555. The minimum absolute atomic E-state index is 0.342. The van der Waals surface area contributed by atoms with Crippen molar-refractivity contribution in [3.63, 3.8) is 0 Å². The fourth-order valence-electron chi connectivity index (χ4n) is 4.57. The number of hydroxylamine groups is 1. The van der Waals surface area contributed by atoms with Crippen molar-refractivity contribution < 1.29 is 10.0 Å². The van der Waals surface area contributed by atoms with Gasteiger partial charge >= 0.3 is 0 Å². The van der Waals surface area contributed by atoms with Gasteiger partial charge in [0.2, 0.25) is 0 Å². The molecule has 1 saturated heterocycles. The minimum Gasteiger partial charge on any atom is -0.319 e. The van der Waals surface area contributed by atoms with E-state index in [0.717, 1.165) is 48.7 Å². The van der Waals surface area contributed by atoms with Gasteiger partial charge in [-0.3, -0.25) is 10.0 Å². The molecule has 0 aliphatic carbocycles. The maximum atomic E-state index is 11.4. The Bertz CT molecular complexity index is 1100. The largest absolute Gasteiger partial charge is 0.319 e. The number of benzene rings is 2. The summed E-state index contributed by atoms with van der Waals surface area (Å²) in [4.78, 5) is 18.9. The summed E-state index contributed by atoms with van der Waals surface area (Å²) in [5.41, 5.74) is 6.87. The second-order valence-corrected chi connectivity index (χ2v) is 8.23. The van der Waals surface area contributed by atoms with Gasteiger partial charge in [-0.1, -0.05) is 55.5 Å². The number of hydrogen-bond donors (Lipinski definition) is 2. The van der Waals surface area contributed by atoms with Crippen LogP contribution in [0.5, 0.6) is 0 Å². The van der Waals surface area contributed by atoms with Crippen LogP contribution in [0.15, 0.2) is 60.7 Å². The van der Waals surface area contributed by atoms with Gasteiger partial charge in [0, 0.05) is 29.8 Å². The molecule has 1 aliphatic heterocycles. The molecule has 0 bridgehead atoms. The summed E-state index contributed by atoms with van der Waals surface area (Å²) in [5.74, 6) is 0.395. The molecule has 2 aromatic carbocycles. The first kappa shape index (κ1) is 22.0. The summed E-state index contributed by atoms with van der Waals surface area (Å²) < 4.78 is 2.43. The quantitative estimate of drug-likeness (QED) is 0.338. The number of nitrogens with one attached hydrogen (secondary N) is 1. The van der Waals surface area contributed by atoms with Gasteiger partial charge in [-0.25, -0.2) is 10.5 Å². The molecule has 0 saturated carbocycles. The fourth-order valence-corrected chi connectivity index (χ4v) is 4.57. The van der Waals surface area contributed by atoms with E-state index < -0.39 is 5.91 Å². The number of imidazole rings is 1. The summed E-state index contributed by atoms with van der Waals surface area (Å²) in [6.07, 6.45) is 5.29. The first-order valence-electron chi connectivity index (χ1n) is 11.2. The zero-order chi connectivity index (χ0) is 22.5. The van der Waals surface area contributed by atoms with Crippen LogP contribution in [0.4, 0.5) is 0 Å². The summed E-state index contributed by atoms with van der Waals surface area (Å²) in [6, 6.07) is 18.8. The third-order valence-electron chi connectivity index (χ3n) is 6.11. The van der Waals surface area contributed by atoms with Crippen LogP contribution < -0.4 is 5.48 Å². The number of hydrogen-bond acceptors (Lipinski definition) is 4. The van der Waals surface area contributed by atoms with E-state index in [1.54, 1.807) is 11.6 Å². The molecule has 2 heterocycles. The van der Waals surface area contributed by atoms with Crippen LogP contribution in [0.1, 0.15) is 37.1 Å². The van der Waals surface area contributed by atoms with E-state index in [9.17, 15) is 4.79 Å². The molecule has 1 aromatic heterocycles. The molecule has 6 heteroatoms. The zero-order valence-corrected chi connectivity index (χ0v) is 18.7. The molecule has 0 radical (unpaired) electrons. The van der Waals surface area contributed by atoms with Gasteiger partial charge in [0.25, 0.3) is 5.91 Å². The molecule has 1 amide bonds. The van der Waals surface area contributed by atoms with E-state index in [1.165, 1.54) is 23.8 Å². The molecule has 1 atom stereocenters. The molecule has 2 N–H and O–H groups in total. The van der Waals surface area contributed by atoms with Crippen LogP contribution >= 0.6 is 0 Å². The monoisotopic (exact) mass is 430 g/mol. The number of piperidine rings is 1. The highest BCUT2D eigenvalue weighted by molar-refractivity contribution is 5.91. The Balaban J connectivity index is 1.82. The molecule has 32 heavy (non-hydrogen) atoms.